The van der Waals surface area contributed by atoms with Crippen LogP contribution in [-0.2, 0) is 113 Å². The summed E-state index contributed by atoms with van der Waals surface area (Å²) >= 11 is 0. The minimum Gasteiger partial charge on any atom is -0.489 e. The quantitative estimate of drug-likeness (QED) is 0.0179. The van der Waals surface area contributed by atoms with Gasteiger partial charge in [0.25, 0.3) is 10.2 Å². The van der Waals surface area contributed by atoms with Crippen LogP contribution in [0.15, 0.2) is 109 Å². The number of aromatic nitrogens is 16. The monoisotopic (exact) mass is 1950 g/mol. The third-order valence-electron chi connectivity index (χ3n) is 25.4. The second-order valence-corrected chi connectivity index (χ2v) is 37.8. The number of alkyl carbamates (subject to hydrolysis) is 2. The van der Waals surface area contributed by atoms with E-state index in [0.29, 0.717) is 180 Å². The zero-order valence-corrected chi connectivity index (χ0v) is 81.8. The Balaban J connectivity index is 0.000000167. The minimum atomic E-state index is -3.76. The number of nitrogens with one attached hydrogen (secondary N) is 4. The van der Waals surface area contributed by atoms with Crippen LogP contribution < -0.4 is 39.6 Å². The van der Waals surface area contributed by atoms with Crippen LogP contribution in [0.25, 0.3) is 45.6 Å². The third kappa shape index (κ3) is 29.4. The first-order valence-corrected chi connectivity index (χ1v) is 48.9. The Morgan fingerprint density at radius 3 is 1.29 bits per heavy atom. The number of carbonyl (C=O) groups is 7. The number of carbonyl (C=O) groups excluding carboxylic acids is 3. The molecular formula is C97H127FN22O19S. The summed E-state index contributed by atoms with van der Waals surface area (Å²) in [6, 6.07) is 32.9. The number of hydrogen-bond donors (Lipinski definition) is 8. The summed E-state index contributed by atoms with van der Waals surface area (Å²) in [6.07, 6.45) is 13.3. The number of hydrogen-bond acceptors (Lipinski definition) is 27. The molecule has 8 aromatic heterocycles. The molecule has 0 spiro atoms. The molecule has 0 radical (unpaired) electrons. The van der Waals surface area contributed by atoms with E-state index < -0.39 is 58.0 Å². The number of carboxylic acid groups (broad SMARTS) is 4. The largest absolute Gasteiger partial charge is 0.489 e. The van der Waals surface area contributed by atoms with Gasteiger partial charge in [0, 0.05) is 61.8 Å². The molecule has 41 nitrogen and oxygen atoms in total. The summed E-state index contributed by atoms with van der Waals surface area (Å²) in [4.78, 5) is 102. The van der Waals surface area contributed by atoms with Crippen LogP contribution >= 0.6 is 0 Å². The van der Waals surface area contributed by atoms with E-state index in [-0.39, 0.29) is 94.3 Å². The average Bonchev–Trinajstić information content (AvgIpc) is 1.29. The van der Waals surface area contributed by atoms with Gasteiger partial charge in [-0.1, -0.05) is 115 Å². The maximum Gasteiger partial charge on any atom is 0.407 e. The van der Waals surface area contributed by atoms with Crippen LogP contribution in [0.4, 0.5) is 18.8 Å². The molecule has 5 fully saturated rings. The van der Waals surface area contributed by atoms with Crippen LogP contribution in [0.1, 0.15) is 205 Å². The van der Waals surface area contributed by atoms with Gasteiger partial charge in [0.15, 0.2) is 0 Å². The standard InChI is InChI=1S/C25H28FN5O5.C25H32N6O5S.C24H36N6O4.C23H31N5O5/c1-16-21(36-18-9-6-12-25(26,13-18)23(32)33)11-10-19(28-16)22-20(31(2)30-29-22)14-27-24(34)35-15-17-7-4-3-5-8-17;1-17-23(36-20-11-7-10-19(14-20)25(32)33)13-12-21(27-17)24-22(31(3)29-28-24)15-26-37(34,35)30(2)16-18-8-5-4-6-9-18;1-5-7-13-29(3)24(33)25-15-20-22(27-28-30(20)4)19-11-12-21(18(6-2)26-19)34-17-10-8-9-16(14-17)23(31)32;1-14-20(33-17-5-3-4-16(12-17)22(29)30)9-8-18(25-14)21-19(28(2)27-26-21)13-24-23(31)32-11-10-15-6-7-15/h3-5,7-8,10-11,18H,6,9,12-15H2,1-2H3,(H,27,34)(H,32,33);4-6,8-9,12-13,19-20,26H,7,10-11,14-16H2,1-3H3,(H,32,33);11-12,16-17H,5-10,13-15H2,1-4H3,(H,25,33)(H,31,32);8-9,15-17H,3-7,10-13H2,1-2H3,(H,24,31)(H,29,30)/t18?,25-;19-,20?;2*16-,17-/m1000/s1. The van der Waals surface area contributed by atoms with Crippen molar-refractivity contribution in [3.8, 4) is 68.5 Å². The van der Waals surface area contributed by atoms with Gasteiger partial charge in [-0.2, -0.15) is 17.4 Å². The smallest absolute Gasteiger partial charge is 0.407 e. The van der Waals surface area contributed by atoms with E-state index in [4.69, 9.17) is 33.4 Å². The summed E-state index contributed by atoms with van der Waals surface area (Å²) in [5.41, 5.74) is 9.31. The number of alkyl halides is 1. The molecule has 4 amide bonds. The first kappa shape index (κ1) is 105. The Kier molecular flexibility index (Phi) is 37.4. The highest BCUT2D eigenvalue weighted by Gasteiger charge is 2.45. The summed E-state index contributed by atoms with van der Waals surface area (Å²) in [6.45, 7) is 11.7. The first-order chi connectivity index (χ1) is 67.1. The van der Waals surface area contributed by atoms with Gasteiger partial charge in [-0.3, -0.25) is 19.1 Å². The molecule has 752 valence electrons. The number of nitrogens with zero attached hydrogens (tertiary/aromatic N) is 18. The lowest BCUT2D eigenvalue weighted by atomic mass is 9.84. The Morgan fingerprint density at radius 1 is 0.479 bits per heavy atom. The van der Waals surface area contributed by atoms with Gasteiger partial charge in [0.05, 0.1) is 137 Å². The van der Waals surface area contributed by atoms with Crippen molar-refractivity contribution in [2.24, 2.45) is 51.9 Å². The summed E-state index contributed by atoms with van der Waals surface area (Å²) < 4.78 is 85.2. The molecule has 5 aliphatic carbocycles. The molecule has 8 heterocycles. The third-order valence-corrected chi connectivity index (χ3v) is 26.9. The van der Waals surface area contributed by atoms with Gasteiger partial charge in [-0.25, -0.2) is 57.5 Å². The Bertz CT molecular complexity index is 6000. The molecule has 5 saturated carbocycles. The SMILES string of the molecule is CCCCN(C)C(=O)NCc1c(-c2ccc(O[C@H]3CCC[C@H](C(=O)O)C3)c(CC)n2)nnn1C.Cc1nc(-c2nnn(C)c2CNC(=O)OCCC2CC2)ccc1O[C@H]1CCC[C@H](C(=O)O)C1.Cc1nc(-c2nnn(C)c2CNC(=O)OCc2ccccc2)ccc1OC1CCC[C@](F)(C(=O)O)C1.Cc1nc(-c2nnn(C)c2CNS(=O)(=O)N(C)Cc2ccccc2)ccc1OC1CCC[C@H](C(=O)O)C1. The van der Waals surface area contributed by atoms with Crippen molar-refractivity contribution in [1.29, 1.82) is 0 Å². The van der Waals surface area contributed by atoms with E-state index in [2.05, 4.69) is 83.8 Å². The number of urea groups is 1. The van der Waals surface area contributed by atoms with Crippen LogP contribution in [0, 0.1) is 44.4 Å². The van der Waals surface area contributed by atoms with Gasteiger partial charge in [0.1, 0.15) is 58.5 Å². The van der Waals surface area contributed by atoms with Crippen LogP contribution in [0.5, 0.6) is 23.0 Å². The Labute approximate surface area is 812 Å². The average molecular weight is 1960 g/mol. The second kappa shape index (κ2) is 49.7. The number of aliphatic carboxylic acids is 4. The highest BCUT2D eigenvalue weighted by Crippen LogP contribution is 2.39. The topological polar surface area (TPSA) is 519 Å². The van der Waals surface area contributed by atoms with E-state index >= 15 is 0 Å². The summed E-state index contributed by atoms with van der Waals surface area (Å²) in [7, 11) is 6.50. The molecule has 0 saturated heterocycles. The normalized spacial score (nSPS) is 18.9. The number of pyridine rings is 4. The molecule has 5 aliphatic rings. The van der Waals surface area contributed by atoms with Crippen LogP contribution in [0.3, 0.4) is 0 Å². The van der Waals surface area contributed by atoms with Crippen molar-refractivity contribution in [2.75, 3.05) is 27.2 Å². The fourth-order valence-electron chi connectivity index (χ4n) is 17.0. The molecule has 10 aromatic rings. The zero-order valence-electron chi connectivity index (χ0n) is 81.0. The number of unbranched alkanes of at least 4 members (excludes halogenated alkanes) is 1. The molecule has 8 atom stereocenters. The van der Waals surface area contributed by atoms with Crippen molar-refractivity contribution in [3.63, 3.8) is 0 Å². The number of aryl methyl sites for hydroxylation is 8. The van der Waals surface area contributed by atoms with Crippen molar-refractivity contribution >= 4 is 52.3 Å². The molecule has 0 bridgehead atoms. The molecule has 2 unspecified atom stereocenters. The maximum absolute atomic E-state index is 14.6. The summed E-state index contributed by atoms with van der Waals surface area (Å²) in [5.74, 6) is -1.77. The van der Waals surface area contributed by atoms with E-state index in [1.807, 2.05) is 99.6 Å². The fraction of sp³-hybridized carbons (Fsp3) is 0.515. The molecule has 2 aromatic carbocycles. The first-order valence-electron chi connectivity index (χ1n) is 47.5. The van der Waals surface area contributed by atoms with Crippen molar-refractivity contribution < 1.29 is 95.2 Å². The summed E-state index contributed by atoms with van der Waals surface area (Å²) in [5, 5.41) is 78.8. The Hall–Kier alpha value is -13.7. The maximum atomic E-state index is 14.6. The number of amides is 4. The van der Waals surface area contributed by atoms with Gasteiger partial charge < -0.3 is 69.7 Å². The van der Waals surface area contributed by atoms with Crippen LogP contribution in [0.2, 0.25) is 0 Å². The predicted octanol–water partition coefficient (Wildman–Crippen LogP) is 13.0. The van der Waals surface area contributed by atoms with Crippen molar-refractivity contribution in [2.45, 2.75) is 245 Å². The number of ether oxygens (including phenoxy) is 6. The van der Waals surface area contributed by atoms with Gasteiger partial charge in [0.2, 0.25) is 5.67 Å². The van der Waals surface area contributed by atoms with Crippen molar-refractivity contribution in [3.05, 3.63) is 166 Å². The van der Waals surface area contributed by atoms with E-state index in [1.165, 1.54) is 28.9 Å². The number of carboxylic acids is 4. The molecule has 8 N–H and O–H groups in total. The van der Waals surface area contributed by atoms with Gasteiger partial charge >= 0.3 is 42.1 Å². The Morgan fingerprint density at radius 2 is 0.871 bits per heavy atom. The number of rotatable bonds is 37. The van der Waals surface area contributed by atoms with Crippen LogP contribution in [-0.4, -0.2) is 217 Å². The van der Waals surface area contributed by atoms with E-state index in [0.717, 1.165) is 80.3 Å². The molecule has 15 rings (SSSR count). The van der Waals surface area contributed by atoms with Gasteiger partial charge in [-0.05, 0) is 202 Å². The lowest BCUT2D eigenvalue weighted by Gasteiger charge is -2.32. The molecular weight excluding hydrogens is 1830 g/mol. The molecule has 140 heavy (non-hydrogen) atoms. The highest BCUT2D eigenvalue weighted by molar-refractivity contribution is 7.87. The lowest BCUT2D eigenvalue weighted by molar-refractivity contribution is -0.155. The minimum absolute atomic E-state index is 0.0123. The number of halogens is 1. The van der Waals surface area contributed by atoms with E-state index in [1.54, 1.807) is 91.4 Å². The fourth-order valence-corrected chi connectivity index (χ4v) is 17.8. The van der Waals surface area contributed by atoms with E-state index in [9.17, 15) is 66.8 Å². The number of benzene rings is 2. The zero-order chi connectivity index (χ0) is 100. The molecule has 43 heteroatoms. The van der Waals surface area contributed by atoms with Gasteiger partial charge in [-0.15, -0.1) is 20.4 Å². The van der Waals surface area contributed by atoms with Crippen molar-refractivity contribution in [1.82, 2.24) is 110 Å². The highest BCUT2D eigenvalue weighted by atomic mass is 32.2. The lowest BCUT2D eigenvalue weighted by Crippen LogP contribution is -2.42. The molecule has 0 aliphatic heterocycles. The predicted molar refractivity (Wildman–Crippen MR) is 509 cm³/mol. The second-order valence-electron chi connectivity index (χ2n) is 35.9.